The highest BCUT2D eigenvalue weighted by atomic mass is 16.6. The molecule has 1 atom stereocenters. The predicted octanol–water partition coefficient (Wildman–Crippen LogP) is 1.55. The van der Waals surface area contributed by atoms with E-state index in [0.29, 0.717) is 25.2 Å². The van der Waals surface area contributed by atoms with Crippen LogP contribution in [0.15, 0.2) is 12.2 Å². The summed E-state index contributed by atoms with van der Waals surface area (Å²) in [7, 11) is 1.63. The lowest BCUT2D eigenvalue weighted by Gasteiger charge is -2.16. The van der Waals surface area contributed by atoms with Gasteiger partial charge in [-0.15, -0.1) is 0 Å². The first-order chi connectivity index (χ1) is 7.11. The monoisotopic (exact) mass is 216 g/mol. The summed E-state index contributed by atoms with van der Waals surface area (Å²) in [5.74, 6) is -0.378. The summed E-state index contributed by atoms with van der Waals surface area (Å²) >= 11 is 0. The minimum atomic E-state index is -0.378. The number of carbonyl (C=O) groups excluding carboxylic acids is 1. The molecule has 0 rings (SSSR count). The molecule has 1 unspecified atom stereocenters. The van der Waals surface area contributed by atoms with Gasteiger partial charge in [0.25, 0.3) is 0 Å². The number of hydrogen-bond donors (Lipinski definition) is 0. The fourth-order valence-electron chi connectivity index (χ4n) is 0.992. The molecule has 88 valence electrons. The van der Waals surface area contributed by atoms with E-state index < -0.39 is 0 Å². The molecule has 0 aliphatic heterocycles. The highest BCUT2D eigenvalue weighted by molar-refractivity contribution is 5.86. The van der Waals surface area contributed by atoms with Crippen molar-refractivity contribution in [3.8, 4) is 0 Å². The van der Waals surface area contributed by atoms with Gasteiger partial charge in [0.15, 0.2) is 0 Å². The van der Waals surface area contributed by atoms with Gasteiger partial charge >= 0.3 is 5.97 Å². The van der Waals surface area contributed by atoms with Crippen LogP contribution >= 0.6 is 0 Å². The molecule has 0 aliphatic rings. The van der Waals surface area contributed by atoms with E-state index in [1.807, 2.05) is 6.92 Å². The van der Waals surface area contributed by atoms with Crippen LogP contribution in [0.1, 0.15) is 20.3 Å². The fourth-order valence-corrected chi connectivity index (χ4v) is 0.992. The molecule has 0 saturated heterocycles. The molecule has 0 aromatic rings. The van der Waals surface area contributed by atoms with Gasteiger partial charge in [-0.3, -0.25) is 0 Å². The maximum Gasteiger partial charge on any atom is 0.333 e. The van der Waals surface area contributed by atoms with Crippen molar-refractivity contribution in [2.75, 3.05) is 26.9 Å². The Balaban J connectivity index is 3.83. The minimum Gasteiger partial charge on any atom is -0.460 e. The zero-order valence-corrected chi connectivity index (χ0v) is 9.75. The van der Waals surface area contributed by atoms with Gasteiger partial charge in [0.05, 0.1) is 6.10 Å². The van der Waals surface area contributed by atoms with Crippen LogP contribution in [0, 0.1) is 0 Å². The number of ether oxygens (including phenoxy) is 3. The molecule has 0 aromatic heterocycles. The zero-order chi connectivity index (χ0) is 11.7. The summed E-state index contributed by atoms with van der Waals surface area (Å²) < 4.78 is 15.3. The Bertz CT molecular complexity index is 201. The van der Waals surface area contributed by atoms with Crippen molar-refractivity contribution in [1.82, 2.24) is 0 Å². The number of methoxy groups -OCH3 is 1. The van der Waals surface area contributed by atoms with E-state index in [4.69, 9.17) is 14.2 Å². The van der Waals surface area contributed by atoms with E-state index in [-0.39, 0.29) is 18.7 Å². The normalized spacial score (nSPS) is 12.2. The number of esters is 1. The molecule has 15 heavy (non-hydrogen) atoms. The lowest BCUT2D eigenvalue weighted by atomic mass is 10.3. The molecule has 4 heteroatoms. The second-order valence-corrected chi connectivity index (χ2v) is 3.24. The van der Waals surface area contributed by atoms with Gasteiger partial charge in [0.2, 0.25) is 0 Å². The zero-order valence-electron chi connectivity index (χ0n) is 9.75. The summed E-state index contributed by atoms with van der Waals surface area (Å²) in [6.45, 7) is 8.46. The van der Waals surface area contributed by atoms with E-state index >= 15 is 0 Å². The number of rotatable bonds is 8. The van der Waals surface area contributed by atoms with Crippen LogP contribution in [0.25, 0.3) is 0 Å². The van der Waals surface area contributed by atoms with Gasteiger partial charge in [-0.1, -0.05) is 6.58 Å². The van der Waals surface area contributed by atoms with E-state index in [2.05, 4.69) is 6.58 Å². The Morgan fingerprint density at radius 3 is 2.60 bits per heavy atom. The van der Waals surface area contributed by atoms with Crippen LogP contribution < -0.4 is 0 Å². The fraction of sp³-hybridized carbons (Fsp3) is 0.727. The molecule has 0 bridgehead atoms. The summed E-state index contributed by atoms with van der Waals surface area (Å²) in [6, 6.07) is 0. The molecular formula is C11H20O4. The Morgan fingerprint density at radius 2 is 2.13 bits per heavy atom. The SMILES string of the molecule is C=C(C)C(=O)OCC(CCOC)OCC. The number of hydrogen-bond acceptors (Lipinski definition) is 4. The van der Waals surface area contributed by atoms with Gasteiger partial charge in [-0.05, 0) is 13.8 Å². The molecule has 0 saturated carbocycles. The summed E-state index contributed by atoms with van der Waals surface area (Å²) in [4.78, 5) is 11.1. The molecular weight excluding hydrogens is 196 g/mol. The first-order valence-corrected chi connectivity index (χ1v) is 5.05. The van der Waals surface area contributed by atoms with E-state index in [1.165, 1.54) is 0 Å². The summed E-state index contributed by atoms with van der Waals surface area (Å²) in [6.07, 6.45) is 0.617. The average molecular weight is 216 g/mol. The smallest absolute Gasteiger partial charge is 0.333 e. The molecule has 0 heterocycles. The molecule has 0 fully saturated rings. The first kappa shape index (κ1) is 14.1. The van der Waals surface area contributed by atoms with Gasteiger partial charge < -0.3 is 14.2 Å². The topological polar surface area (TPSA) is 44.8 Å². The van der Waals surface area contributed by atoms with Gasteiger partial charge in [0.1, 0.15) is 6.61 Å². The van der Waals surface area contributed by atoms with Gasteiger partial charge in [-0.2, -0.15) is 0 Å². The van der Waals surface area contributed by atoms with Crippen molar-refractivity contribution >= 4 is 5.97 Å². The third-order valence-electron chi connectivity index (χ3n) is 1.80. The Hall–Kier alpha value is -0.870. The Labute approximate surface area is 91.2 Å². The van der Waals surface area contributed by atoms with Crippen molar-refractivity contribution < 1.29 is 19.0 Å². The second kappa shape index (κ2) is 8.44. The Kier molecular flexibility index (Phi) is 7.95. The molecule has 4 nitrogen and oxygen atoms in total. The van der Waals surface area contributed by atoms with Crippen molar-refractivity contribution in [3.63, 3.8) is 0 Å². The van der Waals surface area contributed by atoms with Crippen molar-refractivity contribution in [1.29, 1.82) is 0 Å². The predicted molar refractivity (Wildman–Crippen MR) is 57.7 cm³/mol. The van der Waals surface area contributed by atoms with Crippen molar-refractivity contribution in [2.45, 2.75) is 26.4 Å². The molecule has 0 radical (unpaired) electrons. The van der Waals surface area contributed by atoms with Crippen molar-refractivity contribution in [2.24, 2.45) is 0 Å². The second-order valence-electron chi connectivity index (χ2n) is 3.24. The molecule has 0 spiro atoms. The van der Waals surface area contributed by atoms with Gasteiger partial charge in [0, 0.05) is 32.3 Å². The molecule has 0 aliphatic carbocycles. The maximum absolute atomic E-state index is 11.1. The number of carbonyl (C=O) groups is 1. The van der Waals surface area contributed by atoms with Crippen LogP contribution in [0.5, 0.6) is 0 Å². The van der Waals surface area contributed by atoms with E-state index in [0.717, 1.165) is 0 Å². The minimum absolute atomic E-state index is 0.0988. The lowest BCUT2D eigenvalue weighted by Crippen LogP contribution is -2.24. The third-order valence-corrected chi connectivity index (χ3v) is 1.80. The maximum atomic E-state index is 11.1. The first-order valence-electron chi connectivity index (χ1n) is 5.05. The molecule has 0 aromatic carbocycles. The standard InChI is InChI=1S/C11H20O4/c1-5-14-10(6-7-13-4)8-15-11(12)9(2)3/h10H,2,5-8H2,1,3-4H3. The van der Waals surface area contributed by atoms with Crippen LogP contribution in [0.3, 0.4) is 0 Å². The van der Waals surface area contributed by atoms with Crippen LogP contribution in [-0.4, -0.2) is 39.0 Å². The lowest BCUT2D eigenvalue weighted by molar-refractivity contribution is -0.143. The van der Waals surface area contributed by atoms with Crippen LogP contribution in [0.4, 0.5) is 0 Å². The largest absolute Gasteiger partial charge is 0.460 e. The third kappa shape index (κ3) is 7.11. The highest BCUT2D eigenvalue weighted by Crippen LogP contribution is 2.02. The average Bonchev–Trinajstić information content (AvgIpc) is 2.21. The van der Waals surface area contributed by atoms with Crippen LogP contribution in [-0.2, 0) is 19.0 Å². The van der Waals surface area contributed by atoms with E-state index in [1.54, 1.807) is 14.0 Å². The van der Waals surface area contributed by atoms with E-state index in [9.17, 15) is 4.79 Å². The quantitative estimate of drug-likeness (QED) is 0.456. The summed E-state index contributed by atoms with van der Waals surface area (Å²) in [5.41, 5.74) is 0.400. The Morgan fingerprint density at radius 1 is 1.47 bits per heavy atom. The molecule has 0 amide bonds. The van der Waals surface area contributed by atoms with Gasteiger partial charge in [-0.25, -0.2) is 4.79 Å². The van der Waals surface area contributed by atoms with Crippen molar-refractivity contribution in [3.05, 3.63) is 12.2 Å². The highest BCUT2D eigenvalue weighted by Gasteiger charge is 2.12. The molecule has 0 N–H and O–H groups in total. The summed E-state index contributed by atoms with van der Waals surface area (Å²) in [5, 5.41) is 0. The van der Waals surface area contributed by atoms with Crippen LogP contribution in [0.2, 0.25) is 0 Å².